The molecule has 0 radical (unpaired) electrons. The molecular formula is C17H16BrN3O. The van der Waals surface area contributed by atoms with Crippen LogP contribution in [-0.2, 0) is 10.3 Å². The van der Waals surface area contributed by atoms with Gasteiger partial charge in [0.2, 0.25) is 6.08 Å². The van der Waals surface area contributed by atoms with Gasteiger partial charge in [-0.1, -0.05) is 12.1 Å². The number of rotatable bonds is 4. The van der Waals surface area contributed by atoms with Gasteiger partial charge in [-0.3, -0.25) is 0 Å². The molecule has 112 valence electrons. The third-order valence-electron chi connectivity index (χ3n) is 4.81. The molecule has 0 bridgehead atoms. The molecule has 2 fully saturated rings. The Morgan fingerprint density at radius 2 is 2.00 bits per heavy atom. The van der Waals surface area contributed by atoms with Gasteiger partial charge in [-0.2, -0.15) is 10.1 Å². The van der Waals surface area contributed by atoms with E-state index in [-0.39, 0.29) is 5.54 Å². The van der Waals surface area contributed by atoms with Gasteiger partial charge in [0, 0.05) is 5.92 Å². The first-order valence-electron chi connectivity index (χ1n) is 7.67. The lowest BCUT2D eigenvalue weighted by Crippen LogP contribution is -2.31. The zero-order valence-corrected chi connectivity index (χ0v) is 13.7. The number of hydrogen-bond acceptors (Lipinski definition) is 3. The summed E-state index contributed by atoms with van der Waals surface area (Å²) in [5.74, 6) is 0.620. The Labute approximate surface area is 137 Å². The largest absolute Gasteiger partial charge is 0.236 e. The van der Waals surface area contributed by atoms with Crippen molar-refractivity contribution in [1.82, 2.24) is 9.78 Å². The van der Waals surface area contributed by atoms with Gasteiger partial charge < -0.3 is 0 Å². The molecule has 0 unspecified atom stereocenters. The second-order valence-electron chi connectivity index (χ2n) is 6.20. The molecule has 0 spiro atoms. The molecule has 22 heavy (non-hydrogen) atoms. The standard InChI is InChI=1S/C17H16BrN3O/c18-15-10-20-21(16(15)12-2-3-12)14-6-4-13(5-7-14)17(19-11-22)8-1-9-17/h4-7,10,12H,1-3,8-9H2. The lowest BCUT2D eigenvalue weighted by Gasteiger charge is -2.37. The van der Waals surface area contributed by atoms with E-state index >= 15 is 0 Å². The SMILES string of the molecule is O=C=NC1(c2ccc(-n3ncc(Br)c3C3CC3)cc2)CCC1. The molecule has 2 saturated carbocycles. The maximum absolute atomic E-state index is 10.7. The summed E-state index contributed by atoms with van der Waals surface area (Å²) in [4.78, 5) is 14.8. The smallest absolute Gasteiger partial charge is 0.235 e. The van der Waals surface area contributed by atoms with Crippen LogP contribution in [0.5, 0.6) is 0 Å². The fourth-order valence-corrected chi connectivity index (χ4v) is 3.83. The molecule has 1 aromatic carbocycles. The molecule has 4 nitrogen and oxygen atoms in total. The molecular weight excluding hydrogens is 342 g/mol. The molecule has 0 N–H and O–H groups in total. The Bertz CT molecular complexity index is 751. The van der Waals surface area contributed by atoms with E-state index in [1.807, 2.05) is 10.9 Å². The van der Waals surface area contributed by atoms with Crippen LogP contribution in [0, 0.1) is 0 Å². The van der Waals surface area contributed by atoms with E-state index in [2.05, 4.69) is 50.3 Å². The summed E-state index contributed by atoms with van der Waals surface area (Å²) in [6, 6.07) is 8.28. The molecule has 2 aliphatic carbocycles. The van der Waals surface area contributed by atoms with Gasteiger partial charge in [-0.25, -0.2) is 9.48 Å². The fraction of sp³-hybridized carbons (Fsp3) is 0.412. The molecule has 0 atom stereocenters. The summed E-state index contributed by atoms with van der Waals surface area (Å²) in [7, 11) is 0. The molecule has 1 heterocycles. The number of hydrogen-bond donors (Lipinski definition) is 0. The summed E-state index contributed by atoms with van der Waals surface area (Å²) < 4.78 is 3.10. The maximum Gasteiger partial charge on any atom is 0.235 e. The highest BCUT2D eigenvalue weighted by Gasteiger charge is 2.38. The second-order valence-corrected chi connectivity index (χ2v) is 7.05. The first kappa shape index (κ1) is 13.9. The van der Waals surface area contributed by atoms with E-state index < -0.39 is 0 Å². The summed E-state index contributed by atoms with van der Waals surface area (Å²) >= 11 is 3.60. The Hall–Kier alpha value is -1.71. The van der Waals surface area contributed by atoms with Crippen LogP contribution in [0.3, 0.4) is 0 Å². The summed E-state index contributed by atoms with van der Waals surface area (Å²) in [5, 5.41) is 4.49. The van der Waals surface area contributed by atoms with Gasteiger partial charge in [0.25, 0.3) is 0 Å². The molecule has 2 aromatic rings. The van der Waals surface area contributed by atoms with E-state index in [0.29, 0.717) is 5.92 Å². The average molecular weight is 358 g/mol. The monoisotopic (exact) mass is 357 g/mol. The van der Waals surface area contributed by atoms with Crippen molar-refractivity contribution in [3.63, 3.8) is 0 Å². The van der Waals surface area contributed by atoms with Crippen LogP contribution < -0.4 is 0 Å². The number of halogens is 1. The number of nitrogens with zero attached hydrogens (tertiary/aromatic N) is 3. The zero-order valence-electron chi connectivity index (χ0n) is 12.1. The number of aromatic nitrogens is 2. The minimum atomic E-state index is -0.329. The number of benzene rings is 1. The molecule has 0 aliphatic heterocycles. The predicted molar refractivity (Wildman–Crippen MR) is 86.9 cm³/mol. The van der Waals surface area contributed by atoms with Crippen molar-refractivity contribution in [2.45, 2.75) is 43.6 Å². The third-order valence-corrected chi connectivity index (χ3v) is 5.42. The number of carbonyl (C=O) groups excluding carboxylic acids is 1. The normalized spacial score (nSPS) is 19.3. The fourth-order valence-electron chi connectivity index (χ4n) is 3.25. The second kappa shape index (κ2) is 5.18. The minimum absolute atomic E-state index is 0.329. The minimum Gasteiger partial charge on any atom is -0.236 e. The molecule has 0 amide bonds. The lowest BCUT2D eigenvalue weighted by molar-refractivity contribution is 0.256. The number of aliphatic imine (C=N–C) groups is 1. The quantitative estimate of drug-likeness (QED) is 0.607. The summed E-state index contributed by atoms with van der Waals surface area (Å²) in [6.45, 7) is 0. The van der Waals surface area contributed by atoms with Crippen LogP contribution >= 0.6 is 15.9 Å². The van der Waals surface area contributed by atoms with E-state index in [4.69, 9.17) is 0 Å². The van der Waals surface area contributed by atoms with Crippen LogP contribution in [0.2, 0.25) is 0 Å². The van der Waals surface area contributed by atoms with Gasteiger partial charge >= 0.3 is 0 Å². The Morgan fingerprint density at radius 3 is 2.55 bits per heavy atom. The summed E-state index contributed by atoms with van der Waals surface area (Å²) in [6.07, 6.45) is 9.06. The van der Waals surface area contributed by atoms with Gasteiger partial charge in [0.05, 0.1) is 27.6 Å². The Kier molecular flexibility index (Phi) is 3.28. The highest BCUT2D eigenvalue weighted by Crippen LogP contribution is 2.46. The highest BCUT2D eigenvalue weighted by atomic mass is 79.9. The van der Waals surface area contributed by atoms with Crippen molar-refractivity contribution >= 4 is 22.0 Å². The summed E-state index contributed by atoms with van der Waals surface area (Å²) in [5.41, 5.74) is 3.09. The van der Waals surface area contributed by atoms with E-state index in [0.717, 1.165) is 35.0 Å². The van der Waals surface area contributed by atoms with Crippen molar-refractivity contribution in [2.24, 2.45) is 4.99 Å². The van der Waals surface area contributed by atoms with Gasteiger partial charge in [0.1, 0.15) is 0 Å². The van der Waals surface area contributed by atoms with Crippen molar-refractivity contribution < 1.29 is 4.79 Å². The van der Waals surface area contributed by atoms with E-state index in [1.165, 1.54) is 18.5 Å². The van der Waals surface area contributed by atoms with E-state index in [1.54, 1.807) is 6.08 Å². The van der Waals surface area contributed by atoms with Crippen molar-refractivity contribution in [1.29, 1.82) is 0 Å². The van der Waals surface area contributed by atoms with Crippen molar-refractivity contribution in [3.8, 4) is 5.69 Å². The molecule has 0 saturated heterocycles. The first-order chi connectivity index (χ1) is 10.7. The molecule has 5 heteroatoms. The topological polar surface area (TPSA) is 47.2 Å². The van der Waals surface area contributed by atoms with Crippen molar-refractivity contribution in [3.05, 3.63) is 46.2 Å². The van der Waals surface area contributed by atoms with Crippen LogP contribution in [-0.4, -0.2) is 15.9 Å². The third kappa shape index (κ3) is 2.16. The van der Waals surface area contributed by atoms with Crippen LogP contribution in [0.15, 0.2) is 39.9 Å². The van der Waals surface area contributed by atoms with E-state index in [9.17, 15) is 4.79 Å². The Balaban J connectivity index is 1.69. The molecule has 1 aromatic heterocycles. The molecule has 4 rings (SSSR count). The average Bonchev–Trinajstić information content (AvgIpc) is 3.26. The van der Waals surface area contributed by atoms with Crippen LogP contribution in [0.25, 0.3) is 5.69 Å². The van der Waals surface area contributed by atoms with Crippen LogP contribution in [0.1, 0.15) is 49.3 Å². The highest BCUT2D eigenvalue weighted by molar-refractivity contribution is 9.10. The predicted octanol–water partition coefficient (Wildman–Crippen LogP) is 4.23. The Morgan fingerprint density at radius 1 is 1.27 bits per heavy atom. The van der Waals surface area contributed by atoms with Gasteiger partial charge in [-0.15, -0.1) is 0 Å². The lowest BCUT2D eigenvalue weighted by atomic mass is 9.72. The molecule has 2 aliphatic rings. The van der Waals surface area contributed by atoms with Crippen molar-refractivity contribution in [2.75, 3.05) is 0 Å². The number of isocyanates is 1. The maximum atomic E-state index is 10.7. The van der Waals surface area contributed by atoms with Gasteiger partial charge in [-0.05, 0) is 65.7 Å². The first-order valence-corrected chi connectivity index (χ1v) is 8.46. The van der Waals surface area contributed by atoms with Crippen LogP contribution in [0.4, 0.5) is 0 Å². The zero-order chi connectivity index (χ0) is 15.2. The van der Waals surface area contributed by atoms with Gasteiger partial charge in [0.15, 0.2) is 0 Å².